The molecule has 70 valence electrons. The Hall–Kier alpha value is -1.58. The molecule has 0 spiro atoms. The Morgan fingerprint density at radius 1 is 1.69 bits per heavy atom. The summed E-state index contributed by atoms with van der Waals surface area (Å²) in [5.74, 6) is -0.164. The minimum Gasteiger partial charge on any atom is -0.506 e. The van der Waals surface area contributed by atoms with Gasteiger partial charge in [-0.25, -0.2) is 0 Å². The summed E-state index contributed by atoms with van der Waals surface area (Å²) in [5, 5.41) is 9.28. The zero-order valence-corrected chi connectivity index (χ0v) is 7.36. The van der Waals surface area contributed by atoms with Crippen molar-refractivity contribution in [3.05, 3.63) is 24.0 Å². The van der Waals surface area contributed by atoms with E-state index in [-0.39, 0.29) is 18.1 Å². The van der Waals surface area contributed by atoms with Crippen LogP contribution >= 0.6 is 0 Å². The van der Waals surface area contributed by atoms with Crippen LogP contribution in [0.15, 0.2) is 18.5 Å². The van der Waals surface area contributed by atoms with Crippen molar-refractivity contribution in [3.63, 3.8) is 0 Å². The Bertz CT molecular complexity index is 299. The van der Waals surface area contributed by atoms with Crippen LogP contribution in [-0.4, -0.2) is 23.2 Å². The summed E-state index contributed by atoms with van der Waals surface area (Å²) in [7, 11) is 1.34. The summed E-state index contributed by atoms with van der Waals surface area (Å²) in [6.45, 7) is 0. The number of aromatic nitrogens is 1. The second-order valence-corrected chi connectivity index (χ2v) is 2.58. The topological polar surface area (TPSA) is 59.4 Å². The fraction of sp³-hybridized carbons (Fsp3) is 0.333. The van der Waals surface area contributed by atoms with Gasteiger partial charge in [-0.15, -0.1) is 0 Å². The Kier molecular flexibility index (Phi) is 3.25. The monoisotopic (exact) mass is 181 g/mol. The molecule has 0 unspecified atom stereocenters. The number of carbonyl (C=O) groups is 1. The SMILES string of the molecule is COC(=O)CCc1ccncc1O. The number of carbonyl (C=O) groups excluding carboxylic acids is 1. The van der Waals surface area contributed by atoms with Crippen LogP contribution in [0.3, 0.4) is 0 Å². The number of ether oxygens (including phenoxy) is 1. The third-order valence-electron chi connectivity index (χ3n) is 1.71. The van der Waals surface area contributed by atoms with Crippen molar-refractivity contribution in [2.75, 3.05) is 7.11 Å². The van der Waals surface area contributed by atoms with Crippen LogP contribution in [0.4, 0.5) is 0 Å². The number of hydrogen-bond donors (Lipinski definition) is 1. The maximum atomic E-state index is 10.8. The van der Waals surface area contributed by atoms with Gasteiger partial charge in [0.25, 0.3) is 0 Å². The number of esters is 1. The number of aromatic hydroxyl groups is 1. The van der Waals surface area contributed by atoms with Crippen molar-refractivity contribution >= 4 is 5.97 Å². The van der Waals surface area contributed by atoms with E-state index in [4.69, 9.17) is 0 Å². The summed E-state index contributed by atoms with van der Waals surface area (Å²) < 4.78 is 4.48. The van der Waals surface area contributed by atoms with Gasteiger partial charge in [0.2, 0.25) is 0 Å². The van der Waals surface area contributed by atoms with Crippen molar-refractivity contribution < 1.29 is 14.6 Å². The lowest BCUT2D eigenvalue weighted by atomic mass is 10.1. The molecule has 0 aliphatic heterocycles. The molecule has 1 aromatic rings. The number of aryl methyl sites for hydroxylation is 1. The number of methoxy groups -OCH3 is 1. The standard InChI is InChI=1S/C9H11NO3/c1-13-9(12)3-2-7-4-5-10-6-8(7)11/h4-6,11H,2-3H2,1H3. The van der Waals surface area contributed by atoms with Crippen LogP contribution in [-0.2, 0) is 16.0 Å². The third-order valence-corrected chi connectivity index (χ3v) is 1.71. The van der Waals surface area contributed by atoms with E-state index in [0.29, 0.717) is 12.0 Å². The maximum absolute atomic E-state index is 10.8. The first-order chi connectivity index (χ1) is 6.24. The maximum Gasteiger partial charge on any atom is 0.305 e. The molecule has 0 amide bonds. The molecule has 0 radical (unpaired) electrons. The molecule has 0 aromatic carbocycles. The van der Waals surface area contributed by atoms with Crippen LogP contribution < -0.4 is 0 Å². The van der Waals surface area contributed by atoms with E-state index in [0.717, 1.165) is 0 Å². The zero-order chi connectivity index (χ0) is 9.68. The first-order valence-electron chi connectivity index (χ1n) is 3.92. The van der Waals surface area contributed by atoms with E-state index in [2.05, 4.69) is 9.72 Å². The largest absolute Gasteiger partial charge is 0.506 e. The highest BCUT2D eigenvalue weighted by atomic mass is 16.5. The van der Waals surface area contributed by atoms with Gasteiger partial charge in [-0.2, -0.15) is 0 Å². The lowest BCUT2D eigenvalue weighted by molar-refractivity contribution is -0.140. The lowest BCUT2D eigenvalue weighted by Crippen LogP contribution is -2.01. The van der Waals surface area contributed by atoms with Gasteiger partial charge in [-0.3, -0.25) is 9.78 Å². The van der Waals surface area contributed by atoms with Crippen LogP contribution in [0.1, 0.15) is 12.0 Å². The number of hydrogen-bond acceptors (Lipinski definition) is 4. The molecule has 0 atom stereocenters. The molecule has 4 nitrogen and oxygen atoms in total. The molecule has 1 rings (SSSR count). The van der Waals surface area contributed by atoms with Gasteiger partial charge in [-0.05, 0) is 18.1 Å². The minimum atomic E-state index is -0.281. The minimum absolute atomic E-state index is 0.117. The van der Waals surface area contributed by atoms with E-state index in [1.54, 1.807) is 12.3 Å². The Morgan fingerprint density at radius 3 is 3.08 bits per heavy atom. The fourth-order valence-electron chi connectivity index (χ4n) is 0.965. The first kappa shape index (κ1) is 9.51. The van der Waals surface area contributed by atoms with Gasteiger partial charge in [-0.1, -0.05) is 0 Å². The summed E-state index contributed by atoms with van der Waals surface area (Å²) in [4.78, 5) is 14.5. The van der Waals surface area contributed by atoms with Gasteiger partial charge in [0.1, 0.15) is 5.75 Å². The summed E-state index contributed by atoms with van der Waals surface area (Å²) >= 11 is 0. The van der Waals surface area contributed by atoms with E-state index in [9.17, 15) is 9.90 Å². The highest BCUT2D eigenvalue weighted by Gasteiger charge is 2.04. The van der Waals surface area contributed by atoms with Crippen molar-refractivity contribution in [1.29, 1.82) is 0 Å². The van der Waals surface area contributed by atoms with Crippen LogP contribution in [0.5, 0.6) is 5.75 Å². The summed E-state index contributed by atoms with van der Waals surface area (Å²) in [6.07, 6.45) is 3.67. The number of nitrogens with zero attached hydrogens (tertiary/aromatic N) is 1. The highest BCUT2D eigenvalue weighted by Crippen LogP contribution is 2.15. The second-order valence-electron chi connectivity index (χ2n) is 2.58. The highest BCUT2D eigenvalue weighted by molar-refractivity contribution is 5.69. The van der Waals surface area contributed by atoms with Gasteiger partial charge in [0.15, 0.2) is 0 Å². The van der Waals surface area contributed by atoms with E-state index < -0.39 is 0 Å². The molecule has 0 aliphatic rings. The Morgan fingerprint density at radius 2 is 2.46 bits per heavy atom. The van der Waals surface area contributed by atoms with Gasteiger partial charge >= 0.3 is 5.97 Å². The molecule has 0 bridgehead atoms. The van der Waals surface area contributed by atoms with Crippen LogP contribution in [0.2, 0.25) is 0 Å². The number of rotatable bonds is 3. The molecular weight excluding hydrogens is 170 g/mol. The van der Waals surface area contributed by atoms with Crippen molar-refractivity contribution in [2.45, 2.75) is 12.8 Å². The smallest absolute Gasteiger partial charge is 0.305 e. The van der Waals surface area contributed by atoms with Gasteiger partial charge < -0.3 is 9.84 Å². The van der Waals surface area contributed by atoms with Crippen LogP contribution in [0.25, 0.3) is 0 Å². The zero-order valence-electron chi connectivity index (χ0n) is 7.36. The fourth-order valence-corrected chi connectivity index (χ4v) is 0.965. The Labute approximate surface area is 76.2 Å². The molecule has 1 heterocycles. The molecule has 0 aliphatic carbocycles. The average Bonchev–Trinajstić information content (AvgIpc) is 2.16. The molecule has 0 fully saturated rings. The van der Waals surface area contributed by atoms with Crippen LogP contribution in [0, 0.1) is 0 Å². The molecule has 0 saturated carbocycles. The average molecular weight is 181 g/mol. The van der Waals surface area contributed by atoms with Crippen molar-refractivity contribution in [3.8, 4) is 5.75 Å². The molecule has 1 N–H and O–H groups in total. The quantitative estimate of drug-likeness (QED) is 0.703. The first-order valence-corrected chi connectivity index (χ1v) is 3.92. The van der Waals surface area contributed by atoms with E-state index in [1.165, 1.54) is 13.3 Å². The normalized spacial score (nSPS) is 9.62. The van der Waals surface area contributed by atoms with E-state index in [1.807, 2.05) is 0 Å². The lowest BCUT2D eigenvalue weighted by Gasteiger charge is -2.01. The second kappa shape index (κ2) is 4.45. The molecular formula is C9H11NO3. The molecule has 13 heavy (non-hydrogen) atoms. The van der Waals surface area contributed by atoms with Gasteiger partial charge in [0.05, 0.1) is 13.3 Å². The molecule has 1 aromatic heterocycles. The third kappa shape index (κ3) is 2.74. The summed E-state index contributed by atoms with van der Waals surface area (Å²) in [6, 6.07) is 1.68. The summed E-state index contributed by atoms with van der Waals surface area (Å²) in [5.41, 5.74) is 0.709. The molecule has 4 heteroatoms. The Balaban J connectivity index is 2.54. The van der Waals surface area contributed by atoms with Gasteiger partial charge in [0, 0.05) is 12.6 Å². The number of pyridine rings is 1. The van der Waals surface area contributed by atoms with E-state index >= 15 is 0 Å². The molecule has 0 saturated heterocycles. The predicted molar refractivity (Wildman–Crippen MR) is 46.2 cm³/mol. The van der Waals surface area contributed by atoms with Crippen molar-refractivity contribution in [2.24, 2.45) is 0 Å². The van der Waals surface area contributed by atoms with Crippen molar-refractivity contribution in [1.82, 2.24) is 4.98 Å². The predicted octanol–water partition coefficient (Wildman–Crippen LogP) is 0.893.